The van der Waals surface area contributed by atoms with Crippen LogP contribution in [0.25, 0.3) is 0 Å². The molecule has 1 heterocycles. The van der Waals surface area contributed by atoms with Gasteiger partial charge in [-0.1, -0.05) is 31.2 Å². The van der Waals surface area contributed by atoms with Crippen molar-refractivity contribution in [3.8, 4) is 5.75 Å². The highest BCUT2D eigenvalue weighted by Crippen LogP contribution is 2.26. The number of phenolic OH excluding ortho intramolecular Hbond substituents is 1. The summed E-state index contributed by atoms with van der Waals surface area (Å²) in [5.41, 5.74) is 1.94. The van der Waals surface area contributed by atoms with Crippen molar-refractivity contribution >= 4 is 23.5 Å². The minimum absolute atomic E-state index is 0.127. The molecule has 5 nitrogen and oxygen atoms in total. The van der Waals surface area contributed by atoms with Gasteiger partial charge in [0.05, 0.1) is 5.69 Å². The Kier molecular flexibility index (Phi) is 7.01. The Morgan fingerprint density at radius 2 is 2.11 bits per heavy atom. The van der Waals surface area contributed by atoms with Crippen LogP contribution in [-0.2, 0) is 6.54 Å². The summed E-state index contributed by atoms with van der Waals surface area (Å²) in [6.45, 7) is 4.70. The van der Waals surface area contributed by atoms with E-state index in [4.69, 9.17) is 0 Å². The van der Waals surface area contributed by atoms with Crippen LogP contribution in [0.1, 0.15) is 25.3 Å². The molecule has 6 heteroatoms. The standard InChI is InChI=1S/C21H27N3O2S/c1-2-27-20-11-4-3-10-19(20)23-21(26)22-17-8-6-12-24(15-17)14-16-7-5-9-18(25)13-16/h3-5,7,9-11,13,17,25H,2,6,8,12,14-15H2,1H3,(H2,22,23,26)/t17-/m1/s1. The Balaban J connectivity index is 1.53. The molecule has 3 rings (SSSR count). The summed E-state index contributed by atoms with van der Waals surface area (Å²) in [5, 5.41) is 15.7. The number of benzene rings is 2. The van der Waals surface area contributed by atoms with Crippen molar-refractivity contribution in [1.82, 2.24) is 10.2 Å². The molecule has 144 valence electrons. The lowest BCUT2D eigenvalue weighted by atomic mass is 10.0. The molecular weight excluding hydrogens is 358 g/mol. The SMILES string of the molecule is CCSc1ccccc1NC(=O)N[C@@H]1CCCN(Cc2cccc(O)c2)C1. The highest BCUT2D eigenvalue weighted by atomic mass is 32.2. The van der Waals surface area contributed by atoms with Crippen molar-refractivity contribution in [1.29, 1.82) is 0 Å². The third-order valence-corrected chi connectivity index (χ3v) is 5.55. The van der Waals surface area contributed by atoms with E-state index in [9.17, 15) is 9.90 Å². The average Bonchev–Trinajstić information content (AvgIpc) is 2.64. The Morgan fingerprint density at radius 1 is 1.26 bits per heavy atom. The molecule has 1 atom stereocenters. The summed E-state index contributed by atoms with van der Waals surface area (Å²) in [5.74, 6) is 1.26. The van der Waals surface area contributed by atoms with Crippen molar-refractivity contribution in [2.24, 2.45) is 0 Å². The first-order chi connectivity index (χ1) is 13.1. The second kappa shape index (κ2) is 9.67. The van der Waals surface area contributed by atoms with Crippen LogP contribution in [0.4, 0.5) is 10.5 Å². The van der Waals surface area contributed by atoms with E-state index < -0.39 is 0 Å². The summed E-state index contributed by atoms with van der Waals surface area (Å²) in [6, 6.07) is 15.2. The lowest BCUT2D eigenvalue weighted by molar-refractivity contribution is 0.183. The first kappa shape index (κ1) is 19.6. The summed E-state index contributed by atoms with van der Waals surface area (Å²) < 4.78 is 0. The number of piperidine rings is 1. The number of carbonyl (C=O) groups is 1. The van der Waals surface area contributed by atoms with Crippen molar-refractivity contribution in [2.45, 2.75) is 37.2 Å². The Labute approximate surface area is 165 Å². The fourth-order valence-corrected chi connectivity index (χ4v) is 4.19. The van der Waals surface area contributed by atoms with Crippen LogP contribution < -0.4 is 10.6 Å². The molecule has 2 aromatic carbocycles. The molecule has 0 aromatic heterocycles. The molecule has 0 saturated carbocycles. The molecule has 0 aliphatic carbocycles. The monoisotopic (exact) mass is 385 g/mol. The summed E-state index contributed by atoms with van der Waals surface area (Å²) in [7, 11) is 0. The number of aromatic hydroxyl groups is 1. The normalized spacial score (nSPS) is 17.4. The highest BCUT2D eigenvalue weighted by Gasteiger charge is 2.21. The van der Waals surface area contributed by atoms with Gasteiger partial charge >= 0.3 is 6.03 Å². The second-order valence-electron chi connectivity index (χ2n) is 6.77. The predicted octanol–water partition coefficient (Wildman–Crippen LogP) is 4.29. The smallest absolute Gasteiger partial charge is 0.319 e. The van der Waals surface area contributed by atoms with E-state index in [2.05, 4.69) is 22.5 Å². The summed E-state index contributed by atoms with van der Waals surface area (Å²) in [4.78, 5) is 15.9. The van der Waals surface area contributed by atoms with Crippen LogP contribution in [0.5, 0.6) is 5.75 Å². The number of hydrogen-bond acceptors (Lipinski definition) is 4. The number of carbonyl (C=O) groups excluding carboxylic acids is 1. The average molecular weight is 386 g/mol. The maximum Gasteiger partial charge on any atom is 0.319 e. The van der Waals surface area contributed by atoms with E-state index >= 15 is 0 Å². The predicted molar refractivity (Wildman–Crippen MR) is 111 cm³/mol. The number of anilines is 1. The van der Waals surface area contributed by atoms with Crippen LogP contribution >= 0.6 is 11.8 Å². The van der Waals surface area contributed by atoms with Crippen molar-refractivity contribution in [3.63, 3.8) is 0 Å². The van der Waals surface area contributed by atoms with Crippen molar-refractivity contribution < 1.29 is 9.90 Å². The van der Waals surface area contributed by atoms with Crippen molar-refractivity contribution in [2.75, 3.05) is 24.2 Å². The van der Waals surface area contributed by atoms with Gasteiger partial charge in [0.2, 0.25) is 0 Å². The van der Waals surface area contributed by atoms with E-state index in [-0.39, 0.29) is 12.1 Å². The first-order valence-corrected chi connectivity index (χ1v) is 10.4. The van der Waals surface area contributed by atoms with Gasteiger partial charge in [-0.05, 0) is 55.0 Å². The van der Waals surface area contributed by atoms with Gasteiger partial charge in [-0.25, -0.2) is 4.79 Å². The number of thioether (sulfide) groups is 1. The van der Waals surface area contributed by atoms with Crippen LogP contribution in [0.15, 0.2) is 53.4 Å². The summed E-state index contributed by atoms with van der Waals surface area (Å²) >= 11 is 1.72. The number of urea groups is 1. The molecule has 0 radical (unpaired) electrons. The number of nitrogens with zero attached hydrogens (tertiary/aromatic N) is 1. The number of nitrogens with one attached hydrogen (secondary N) is 2. The van der Waals surface area contributed by atoms with Crippen LogP contribution in [0.2, 0.25) is 0 Å². The summed E-state index contributed by atoms with van der Waals surface area (Å²) in [6.07, 6.45) is 2.03. The van der Waals surface area contributed by atoms with Gasteiger partial charge in [-0.2, -0.15) is 0 Å². The largest absolute Gasteiger partial charge is 0.508 e. The van der Waals surface area contributed by atoms with Gasteiger partial charge in [0.25, 0.3) is 0 Å². The third kappa shape index (κ3) is 5.91. The van der Waals surface area contributed by atoms with E-state index in [1.54, 1.807) is 23.9 Å². The van der Waals surface area contributed by atoms with Crippen LogP contribution in [-0.4, -0.2) is 40.9 Å². The minimum Gasteiger partial charge on any atom is -0.508 e. The minimum atomic E-state index is -0.150. The highest BCUT2D eigenvalue weighted by molar-refractivity contribution is 7.99. The van der Waals surface area contributed by atoms with E-state index in [0.29, 0.717) is 5.75 Å². The molecular formula is C21H27N3O2S. The molecule has 2 amide bonds. The number of phenols is 1. The molecule has 0 unspecified atom stereocenters. The van der Waals surface area contributed by atoms with E-state index in [0.717, 1.165) is 54.4 Å². The number of para-hydroxylation sites is 1. The van der Waals surface area contributed by atoms with Gasteiger partial charge in [0, 0.05) is 24.0 Å². The molecule has 1 saturated heterocycles. The second-order valence-corrected chi connectivity index (χ2v) is 8.08. The quantitative estimate of drug-likeness (QED) is 0.649. The van der Waals surface area contributed by atoms with Gasteiger partial charge in [-0.3, -0.25) is 4.90 Å². The first-order valence-electron chi connectivity index (χ1n) is 9.43. The number of amides is 2. The van der Waals surface area contributed by atoms with Gasteiger partial charge in [0.15, 0.2) is 0 Å². The van der Waals surface area contributed by atoms with Crippen LogP contribution in [0, 0.1) is 0 Å². The fraction of sp³-hybridized carbons (Fsp3) is 0.381. The molecule has 27 heavy (non-hydrogen) atoms. The Morgan fingerprint density at radius 3 is 2.93 bits per heavy atom. The number of likely N-dealkylation sites (tertiary alicyclic amines) is 1. The van der Waals surface area contributed by atoms with Gasteiger partial charge < -0.3 is 15.7 Å². The molecule has 1 fully saturated rings. The number of hydrogen-bond donors (Lipinski definition) is 3. The van der Waals surface area contributed by atoms with E-state index in [1.165, 1.54) is 0 Å². The molecule has 1 aliphatic heterocycles. The zero-order valence-corrected chi connectivity index (χ0v) is 16.5. The molecule has 1 aliphatic rings. The van der Waals surface area contributed by atoms with Crippen LogP contribution in [0.3, 0.4) is 0 Å². The zero-order chi connectivity index (χ0) is 19.1. The molecule has 2 aromatic rings. The molecule has 3 N–H and O–H groups in total. The molecule has 0 spiro atoms. The van der Waals surface area contributed by atoms with Crippen molar-refractivity contribution in [3.05, 3.63) is 54.1 Å². The maximum atomic E-state index is 12.5. The topological polar surface area (TPSA) is 64.6 Å². The zero-order valence-electron chi connectivity index (χ0n) is 15.6. The molecule has 0 bridgehead atoms. The van der Waals surface area contributed by atoms with Gasteiger partial charge in [0.1, 0.15) is 5.75 Å². The lowest BCUT2D eigenvalue weighted by Crippen LogP contribution is -2.48. The fourth-order valence-electron chi connectivity index (χ4n) is 3.43. The Bertz CT molecular complexity index is 769. The van der Waals surface area contributed by atoms with Gasteiger partial charge in [-0.15, -0.1) is 11.8 Å². The lowest BCUT2D eigenvalue weighted by Gasteiger charge is -2.33. The third-order valence-electron chi connectivity index (χ3n) is 4.59. The van der Waals surface area contributed by atoms with E-state index in [1.807, 2.05) is 36.4 Å². The maximum absolute atomic E-state index is 12.5. The number of rotatable bonds is 6. The Hall–Kier alpha value is -2.18.